The third kappa shape index (κ3) is 4.55. The van der Waals surface area contributed by atoms with Crippen molar-refractivity contribution in [1.82, 2.24) is 4.90 Å². The first-order valence-corrected chi connectivity index (χ1v) is 15.6. The molecule has 0 aromatic heterocycles. The SMILES string of the molecule is CC[C@H]1[C@@H](O)C2[C@@H]3CC[C@H]([C@H](C)CCOC(=O)N4CCC[C@H]4CO)C3(C)CC[C@@H]2[C@@]2(C)CC[C@@H](O)C[C@@H]12. The summed E-state index contributed by atoms with van der Waals surface area (Å²) < 4.78 is 5.69. The number of carbonyl (C=O) groups excluding carboxylic acids is 1. The fourth-order valence-electron chi connectivity index (χ4n) is 10.8. The molecule has 0 radical (unpaired) electrons. The summed E-state index contributed by atoms with van der Waals surface area (Å²) in [4.78, 5) is 14.3. The van der Waals surface area contributed by atoms with Crippen molar-refractivity contribution in [2.75, 3.05) is 19.8 Å². The number of nitrogens with zero attached hydrogens (tertiary/aromatic N) is 1. The second-order valence-corrected chi connectivity index (χ2v) is 14.2. The molecule has 1 aliphatic heterocycles. The lowest BCUT2D eigenvalue weighted by Gasteiger charge is -2.64. The van der Waals surface area contributed by atoms with Gasteiger partial charge in [0.2, 0.25) is 0 Å². The molecule has 12 atom stereocenters. The standard InChI is InChI=1S/C31H53NO5/c1-5-22-26-17-21(34)10-13-31(26,4)25-11-14-30(3)23(8-9-24(30)27(25)28(22)35)19(2)12-16-37-29(36)32-15-6-7-20(32)18-33/h19-28,33-35H,5-18H2,1-4H3/t19-,20+,21-,22-,23-,24+,25+,26+,27?,28-,30?,31-/m1/s1. The van der Waals surface area contributed by atoms with Crippen LogP contribution in [0.2, 0.25) is 0 Å². The zero-order valence-electron chi connectivity index (χ0n) is 23.8. The van der Waals surface area contributed by atoms with E-state index in [-0.39, 0.29) is 41.8 Å². The summed E-state index contributed by atoms with van der Waals surface area (Å²) >= 11 is 0. The van der Waals surface area contributed by atoms with Gasteiger partial charge in [-0.25, -0.2) is 4.79 Å². The maximum atomic E-state index is 12.6. The van der Waals surface area contributed by atoms with Crippen molar-refractivity contribution in [2.24, 2.45) is 52.3 Å². The molecule has 0 bridgehead atoms. The van der Waals surface area contributed by atoms with Gasteiger partial charge in [0.15, 0.2) is 0 Å². The summed E-state index contributed by atoms with van der Waals surface area (Å²) in [5.41, 5.74) is 0.475. The van der Waals surface area contributed by atoms with E-state index in [4.69, 9.17) is 4.74 Å². The molecule has 212 valence electrons. The predicted molar refractivity (Wildman–Crippen MR) is 144 cm³/mol. The van der Waals surface area contributed by atoms with E-state index in [1.165, 1.54) is 25.7 Å². The number of likely N-dealkylation sites (tertiary alicyclic amines) is 1. The molecule has 4 saturated carbocycles. The summed E-state index contributed by atoms with van der Waals surface area (Å²) in [5.74, 6) is 3.31. The second kappa shape index (κ2) is 10.6. The number of aliphatic hydroxyl groups is 3. The lowest BCUT2D eigenvalue weighted by atomic mass is 9.41. The van der Waals surface area contributed by atoms with Crippen LogP contribution in [-0.2, 0) is 4.74 Å². The number of hydrogen-bond acceptors (Lipinski definition) is 5. The molecule has 6 nitrogen and oxygen atoms in total. The van der Waals surface area contributed by atoms with Gasteiger partial charge in [0, 0.05) is 6.54 Å². The van der Waals surface area contributed by atoms with Crippen molar-refractivity contribution < 1.29 is 24.9 Å². The molecule has 6 heteroatoms. The Morgan fingerprint density at radius 1 is 1.03 bits per heavy atom. The Labute approximate surface area is 224 Å². The molecule has 5 rings (SSSR count). The van der Waals surface area contributed by atoms with Crippen LogP contribution in [0.15, 0.2) is 0 Å². The average Bonchev–Trinajstić information content (AvgIpc) is 3.49. The van der Waals surface area contributed by atoms with Crippen molar-refractivity contribution in [3.63, 3.8) is 0 Å². The van der Waals surface area contributed by atoms with E-state index in [9.17, 15) is 20.1 Å². The number of aliphatic hydroxyl groups excluding tert-OH is 3. The number of rotatable bonds is 6. The Bertz CT molecular complexity index is 821. The molecule has 0 spiro atoms. The van der Waals surface area contributed by atoms with E-state index in [0.717, 1.165) is 44.9 Å². The fourth-order valence-corrected chi connectivity index (χ4v) is 10.8. The molecule has 0 aromatic rings. The average molecular weight is 520 g/mol. The van der Waals surface area contributed by atoms with Gasteiger partial charge in [0.05, 0.1) is 31.5 Å². The third-order valence-electron chi connectivity index (χ3n) is 12.8. The van der Waals surface area contributed by atoms with Gasteiger partial charge in [0.1, 0.15) is 0 Å². The van der Waals surface area contributed by atoms with Gasteiger partial charge < -0.3 is 25.0 Å². The first kappa shape index (κ1) is 27.7. The highest BCUT2D eigenvalue weighted by Crippen LogP contribution is 2.69. The van der Waals surface area contributed by atoms with Gasteiger partial charge >= 0.3 is 6.09 Å². The van der Waals surface area contributed by atoms with Crippen LogP contribution < -0.4 is 0 Å². The lowest BCUT2D eigenvalue weighted by Crippen LogP contribution is -2.62. The summed E-state index contributed by atoms with van der Waals surface area (Å²) in [5, 5.41) is 31.9. The van der Waals surface area contributed by atoms with Crippen molar-refractivity contribution in [3.8, 4) is 0 Å². The minimum absolute atomic E-state index is 0.0145. The van der Waals surface area contributed by atoms with Gasteiger partial charge in [-0.15, -0.1) is 0 Å². The van der Waals surface area contributed by atoms with Gasteiger partial charge in [-0.3, -0.25) is 0 Å². The van der Waals surface area contributed by atoms with Gasteiger partial charge in [-0.05, 0) is 116 Å². The van der Waals surface area contributed by atoms with Crippen LogP contribution in [0, 0.1) is 52.3 Å². The molecule has 1 heterocycles. The molecule has 4 aliphatic carbocycles. The molecule has 1 saturated heterocycles. The number of hydrogen-bond donors (Lipinski definition) is 3. The molecular formula is C31H53NO5. The Kier molecular flexibility index (Phi) is 7.95. The van der Waals surface area contributed by atoms with Crippen molar-refractivity contribution in [1.29, 1.82) is 0 Å². The van der Waals surface area contributed by atoms with E-state index in [1.807, 2.05) is 0 Å². The van der Waals surface area contributed by atoms with Crippen LogP contribution in [-0.4, -0.2) is 64.3 Å². The van der Waals surface area contributed by atoms with Crippen LogP contribution in [0.25, 0.3) is 0 Å². The first-order chi connectivity index (χ1) is 17.7. The summed E-state index contributed by atoms with van der Waals surface area (Å²) in [6, 6.07) is -0.0858. The molecule has 2 unspecified atom stereocenters. The smallest absolute Gasteiger partial charge is 0.410 e. The molecular weight excluding hydrogens is 466 g/mol. The second-order valence-electron chi connectivity index (χ2n) is 14.2. The van der Waals surface area contributed by atoms with Crippen LogP contribution in [0.3, 0.4) is 0 Å². The Morgan fingerprint density at radius 2 is 1.76 bits per heavy atom. The number of ether oxygens (including phenoxy) is 1. The third-order valence-corrected chi connectivity index (χ3v) is 12.8. The fraction of sp³-hybridized carbons (Fsp3) is 0.968. The highest BCUT2D eigenvalue weighted by Gasteiger charge is 2.64. The monoisotopic (exact) mass is 519 g/mol. The zero-order valence-corrected chi connectivity index (χ0v) is 23.8. The Balaban J connectivity index is 1.25. The molecule has 3 N–H and O–H groups in total. The first-order valence-electron chi connectivity index (χ1n) is 15.6. The summed E-state index contributed by atoms with van der Waals surface area (Å²) in [6.45, 7) is 10.7. The Morgan fingerprint density at radius 3 is 2.49 bits per heavy atom. The normalized spacial score (nSPS) is 48.2. The van der Waals surface area contributed by atoms with Crippen LogP contribution in [0.5, 0.6) is 0 Å². The predicted octanol–water partition coefficient (Wildman–Crippen LogP) is 5.23. The maximum absolute atomic E-state index is 12.6. The molecule has 0 aromatic carbocycles. The van der Waals surface area contributed by atoms with Crippen LogP contribution in [0.4, 0.5) is 4.79 Å². The van der Waals surface area contributed by atoms with E-state index >= 15 is 0 Å². The maximum Gasteiger partial charge on any atom is 0.410 e. The summed E-state index contributed by atoms with van der Waals surface area (Å²) in [7, 11) is 0. The molecule has 1 amide bonds. The van der Waals surface area contributed by atoms with E-state index in [2.05, 4.69) is 27.7 Å². The van der Waals surface area contributed by atoms with E-state index in [0.29, 0.717) is 54.6 Å². The number of amides is 1. The largest absolute Gasteiger partial charge is 0.449 e. The Hall–Kier alpha value is -0.850. The topological polar surface area (TPSA) is 90.2 Å². The van der Waals surface area contributed by atoms with Gasteiger partial charge in [-0.2, -0.15) is 0 Å². The summed E-state index contributed by atoms with van der Waals surface area (Å²) in [6.07, 6.45) is 10.7. The van der Waals surface area contributed by atoms with Crippen LogP contribution >= 0.6 is 0 Å². The highest BCUT2D eigenvalue weighted by molar-refractivity contribution is 5.68. The van der Waals surface area contributed by atoms with Crippen molar-refractivity contribution in [2.45, 2.75) is 117 Å². The quantitative estimate of drug-likeness (QED) is 0.447. The highest BCUT2D eigenvalue weighted by atomic mass is 16.6. The number of fused-ring (bicyclic) bond motifs is 5. The van der Waals surface area contributed by atoms with Crippen LogP contribution in [0.1, 0.15) is 98.3 Å². The minimum Gasteiger partial charge on any atom is -0.449 e. The molecule has 5 fully saturated rings. The van der Waals surface area contributed by atoms with E-state index < -0.39 is 0 Å². The van der Waals surface area contributed by atoms with Gasteiger partial charge in [0.25, 0.3) is 0 Å². The van der Waals surface area contributed by atoms with Crippen molar-refractivity contribution >= 4 is 6.09 Å². The minimum atomic E-state index is -0.267. The van der Waals surface area contributed by atoms with E-state index in [1.54, 1.807) is 4.90 Å². The lowest BCUT2D eigenvalue weighted by molar-refractivity contribution is -0.203. The molecule has 5 aliphatic rings. The molecule has 37 heavy (non-hydrogen) atoms. The zero-order chi connectivity index (χ0) is 26.5. The van der Waals surface area contributed by atoms with Gasteiger partial charge in [-0.1, -0.05) is 34.1 Å². The number of carbonyl (C=O) groups is 1. The van der Waals surface area contributed by atoms with Crippen molar-refractivity contribution in [3.05, 3.63) is 0 Å².